The highest BCUT2D eigenvalue weighted by Crippen LogP contribution is 2.30. The van der Waals surface area contributed by atoms with Crippen molar-refractivity contribution < 1.29 is 9.18 Å². The summed E-state index contributed by atoms with van der Waals surface area (Å²) in [5.41, 5.74) is 2.52. The molecule has 1 saturated carbocycles. The largest absolute Gasteiger partial charge is 0.383 e. The molecule has 0 amide bonds. The van der Waals surface area contributed by atoms with Gasteiger partial charge in [0.1, 0.15) is 17.3 Å². The molecule has 2 aromatic heterocycles. The fourth-order valence-electron chi connectivity index (χ4n) is 3.81. The van der Waals surface area contributed by atoms with E-state index in [4.69, 9.17) is 5.10 Å². The number of carbonyl (C=O) groups excluding carboxylic acids is 1. The molecule has 6 heteroatoms. The number of hydrogen-bond acceptors (Lipinski definition) is 4. The first-order chi connectivity index (χ1) is 14.0. The van der Waals surface area contributed by atoms with E-state index in [-0.39, 0.29) is 11.6 Å². The number of halogens is 1. The van der Waals surface area contributed by atoms with Gasteiger partial charge in [-0.15, -0.1) is 0 Å². The fourth-order valence-corrected chi connectivity index (χ4v) is 3.81. The molecule has 1 aliphatic rings. The van der Waals surface area contributed by atoms with Crippen LogP contribution in [0.1, 0.15) is 36.0 Å². The Morgan fingerprint density at radius 3 is 2.59 bits per heavy atom. The van der Waals surface area contributed by atoms with Gasteiger partial charge in [0.2, 0.25) is 0 Å². The van der Waals surface area contributed by atoms with E-state index in [2.05, 4.69) is 5.32 Å². The number of pyridine rings is 1. The normalized spacial score (nSPS) is 14.7. The zero-order valence-electron chi connectivity index (χ0n) is 16.7. The van der Waals surface area contributed by atoms with E-state index in [1.54, 1.807) is 28.9 Å². The number of anilines is 1. The van der Waals surface area contributed by atoms with Crippen molar-refractivity contribution in [1.29, 1.82) is 0 Å². The highest BCUT2D eigenvalue weighted by molar-refractivity contribution is 6.13. The second-order valence-electron chi connectivity index (χ2n) is 7.71. The highest BCUT2D eigenvalue weighted by atomic mass is 19.1. The van der Waals surface area contributed by atoms with Crippen LogP contribution < -0.4 is 5.32 Å². The van der Waals surface area contributed by atoms with Crippen molar-refractivity contribution in [1.82, 2.24) is 14.5 Å². The molecule has 150 valence electrons. The summed E-state index contributed by atoms with van der Waals surface area (Å²) in [4.78, 5) is 14.9. The number of aromatic nitrogens is 2. The molecule has 3 aromatic rings. The molecule has 0 radical (unpaired) electrons. The standard InChI is InChI=1S/C23H25FN4O/c1-27(2)15-14-20(29)22-19-8-5-9-21(25-18-6-3-4-7-18)28(19)26-23(22)16-10-12-17(24)13-11-16/h5,8-15,18,25H,3-4,6-7H2,1-2H3/b15-14+. The van der Waals surface area contributed by atoms with Gasteiger partial charge in [-0.1, -0.05) is 18.9 Å². The van der Waals surface area contributed by atoms with Crippen LogP contribution in [-0.4, -0.2) is 40.4 Å². The predicted molar refractivity (Wildman–Crippen MR) is 114 cm³/mol. The minimum absolute atomic E-state index is 0.133. The van der Waals surface area contributed by atoms with Crippen molar-refractivity contribution in [3.63, 3.8) is 0 Å². The lowest BCUT2D eigenvalue weighted by molar-refractivity contribution is 0.104. The highest BCUT2D eigenvalue weighted by Gasteiger charge is 2.22. The summed E-state index contributed by atoms with van der Waals surface area (Å²) in [6.45, 7) is 0. The fraction of sp³-hybridized carbons (Fsp3) is 0.304. The molecule has 0 spiro atoms. The summed E-state index contributed by atoms with van der Waals surface area (Å²) in [5, 5.41) is 8.34. The third-order valence-electron chi connectivity index (χ3n) is 5.25. The average molecular weight is 392 g/mol. The van der Waals surface area contributed by atoms with Gasteiger partial charge in [0.15, 0.2) is 5.78 Å². The molecule has 1 aromatic carbocycles. The van der Waals surface area contributed by atoms with Gasteiger partial charge in [-0.3, -0.25) is 4.79 Å². The summed E-state index contributed by atoms with van der Waals surface area (Å²) in [5.74, 6) is 0.418. The molecule has 1 aliphatic carbocycles. The van der Waals surface area contributed by atoms with Crippen LogP contribution in [0.25, 0.3) is 16.8 Å². The lowest BCUT2D eigenvalue weighted by Crippen LogP contribution is -2.17. The number of fused-ring (bicyclic) bond motifs is 1. The van der Waals surface area contributed by atoms with Crippen molar-refractivity contribution in [3.8, 4) is 11.3 Å². The first kappa shape index (κ1) is 19.2. The van der Waals surface area contributed by atoms with Crippen LogP contribution in [0.3, 0.4) is 0 Å². The van der Waals surface area contributed by atoms with Gasteiger partial charge in [-0.05, 0) is 49.2 Å². The second kappa shape index (κ2) is 8.07. The van der Waals surface area contributed by atoms with Gasteiger partial charge < -0.3 is 10.2 Å². The van der Waals surface area contributed by atoms with E-state index in [0.717, 1.165) is 24.2 Å². The van der Waals surface area contributed by atoms with Crippen LogP contribution in [0.2, 0.25) is 0 Å². The minimum Gasteiger partial charge on any atom is -0.383 e. The van der Waals surface area contributed by atoms with Crippen LogP contribution in [0.4, 0.5) is 10.2 Å². The van der Waals surface area contributed by atoms with Gasteiger partial charge in [0.05, 0.1) is 11.1 Å². The predicted octanol–water partition coefficient (Wildman–Crippen LogP) is 4.75. The van der Waals surface area contributed by atoms with E-state index < -0.39 is 0 Å². The van der Waals surface area contributed by atoms with Crippen molar-refractivity contribution in [2.45, 2.75) is 31.7 Å². The molecule has 4 rings (SSSR count). The van der Waals surface area contributed by atoms with Crippen LogP contribution in [0.15, 0.2) is 54.7 Å². The van der Waals surface area contributed by atoms with Crippen LogP contribution >= 0.6 is 0 Å². The van der Waals surface area contributed by atoms with Crippen LogP contribution in [0, 0.1) is 5.82 Å². The Morgan fingerprint density at radius 1 is 1.17 bits per heavy atom. The maximum atomic E-state index is 13.4. The second-order valence-corrected chi connectivity index (χ2v) is 7.71. The molecule has 2 heterocycles. The monoisotopic (exact) mass is 392 g/mol. The van der Waals surface area contributed by atoms with Crippen molar-refractivity contribution in [2.75, 3.05) is 19.4 Å². The first-order valence-corrected chi connectivity index (χ1v) is 9.96. The Bertz CT molecular complexity index is 1050. The molecular weight excluding hydrogens is 367 g/mol. The maximum absolute atomic E-state index is 13.4. The molecular formula is C23H25FN4O. The molecule has 1 fully saturated rings. The van der Waals surface area contributed by atoms with Crippen LogP contribution in [0.5, 0.6) is 0 Å². The number of hydrogen-bond donors (Lipinski definition) is 1. The number of benzene rings is 1. The molecule has 0 atom stereocenters. The minimum atomic E-state index is -0.318. The smallest absolute Gasteiger partial charge is 0.191 e. The van der Waals surface area contributed by atoms with Gasteiger partial charge in [0.25, 0.3) is 0 Å². The summed E-state index contributed by atoms with van der Waals surface area (Å²) in [6, 6.07) is 12.3. The van der Waals surface area contributed by atoms with Crippen molar-refractivity contribution >= 4 is 17.1 Å². The molecule has 1 N–H and O–H groups in total. The quantitative estimate of drug-likeness (QED) is 0.486. The third kappa shape index (κ3) is 4.01. The third-order valence-corrected chi connectivity index (χ3v) is 5.25. The Labute approximate surface area is 169 Å². The zero-order valence-corrected chi connectivity index (χ0v) is 16.7. The Morgan fingerprint density at radius 2 is 1.90 bits per heavy atom. The number of allylic oxidation sites excluding steroid dienone is 1. The summed E-state index contributed by atoms with van der Waals surface area (Å²) in [7, 11) is 3.73. The van der Waals surface area contributed by atoms with E-state index in [1.807, 2.05) is 37.2 Å². The van der Waals surface area contributed by atoms with E-state index in [1.165, 1.54) is 25.0 Å². The zero-order chi connectivity index (χ0) is 20.4. The van der Waals surface area contributed by atoms with Gasteiger partial charge in [-0.25, -0.2) is 8.91 Å². The van der Waals surface area contributed by atoms with Crippen molar-refractivity contribution in [3.05, 3.63) is 66.1 Å². The number of rotatable bonds is 6. The SMILES string of the molecule is CN(C)/C=C/C(=O)c1c(-c2ccc(F)cc2)nn2c(NC3CCCC3)cccc12. The van der Waals surface area contributed by atoms with Gasteiger partial charge in [0, 0.05) is 38.0 Å². The Balaban J connectivity index is 1.85. The summed E-state index contributed by atoms with van der Waals surface area (Å²) >= 11 is 0. The molecule has 5 nitrogen and oxygen atoms in total. The molecule has 0 bridgehead atoms. The van der Waals surface area contributed by atoms with Gasteiger partial charge in [-0.2, -0.15) is 5.10 Å². The van der Waals surface area contributed by atoms with Crippen LogP contribution in [-0.2, 0) is 0 Å². The molecule has 0 unspecified atom stereocenters. The number of carbonyl (C=O) groups is 1. The molecule has 29 heavy (non-hydrogen) atoms. The maximum Gasteiger partial charge on any atom is 0.191 e. The first-order valence-electron chi connectivity index (χ1n) is 9.96. The Hall–Kier alpha value is -3.15. The van der Waals surface area contributed by atoms with E-state index in [0.29, 0.717) is 22.9 Å². The molecule has 0 saturated heterocycles. The topological polar surface area (TPSA) is 49.6 Å². The van der Waals surface area contributed by atoms with E-state index >= 15 is 0 Å². The average Bonchev–Trinajstić information content (AvgIpc) is 3.35. The van der Waals surface area contributed by atoms with Gasteiger partial charge >= 0.3 is 0 Å². The Kier molecular flexibility index (Phi) is 5.34. The summed E-state index contributed by atoms with van der Waals surface area (Å²) < 4.78 is 15.2. The number of nitrogens with zero attached hydrogens (tertiary/aromatic N) is 3. The number of nitrogens with one attached hydrogen (secondary N) is 1. The van der Waals surface area contributed by atoms with E-state index in [9.17, 15) is 9.18 Å². The summed E-state index contributed by atoms with van der Waals surface area (Å²) in [6.07, 6.45) is 8.00. The van der Waals surface area contributed by atoms with Crippen molar-refractivity contribution in [2.24, 2.45) is 0 Å². The lowest BCUT2D eigenvalue weighted by Gasteiger charge is -2.14. The number of ketones is 1. The lowest BCUT2D eigenvalue weighted by atomic mass is 10.0. The molecule has 0 aliphatic heterocycles.